The molecule has 0 fully saturated rings. The molecule has 26 nitrogen and oxygen atoms in total. The van der Waals surface area contributed by atoms with Crippen molar-refractivity contribution in [2.24, 2.45) is 0 Å². The maximum atomic E-state index is 12.8. The highest BCUT2D eigenvalue weighted by Gasteiger charge is 2.29. The molecule has 0 radical (unpaired) electrons. The van der Waals surface area contributed by atoms with Crippen molar-refractivity contribution in [3.63, 3.8) is 0 Å². The summed E-state index contributed by atoms with van der Waals surface area (Å²) < 4.78 is 9.30. The Balaban J connectivity index is 5.07. The molecule has 0 aromatic heterocycles. The van der Waals surface area contributed by atoms with Gasteiger partial charge in [0, 0.05) is 52.0 Å². The maximum absolute atomic E-state index is 12.8. The zero-order valence-corrected chi connectivity index (χ0v) is 42.3. The Bertz CT molecular complexity index is 1850. The fourth-order valence-corrected chi connectivity index (χ4v) is 7.14. The molecular formula is C47H77N7O19. The van der Waals surface area contributed by atoms with Crippen LogP contribution in [-0.4, -0.2) is 155 Å². The Labute approximate surface area is 424 Å². The average molecular weight is 1040 g/mol. The Morgan fingerprint density at radius 3 is 0.795 bits per heavy atom. The first-order valence-corrected chi connectivity index (χ1v) is 24.6. The van der Waals surface area contributed by atoms with Crippen LogP contribution in [0.15, 0.2) is 0 Å². The molecule has 0 aliphatic carbocycles. The topological polar surface area (TPSA) is 406 Å². The number of hydrogen-bond donors (Lipinski definition) is 11. The minimum absolute atomic E-state index is 0.107. The van der Waals surface area contributed by atoms with E-state index in [1.54, 1.807) is 0 Å². The minimum Gasteiger partial charge on any atom is -0.480 e. The predicted octanol–water partition coefficient (Wildman–Crippen LogP) is 0.708. The third-order valence-electron chi connectivity index (χ3n) is 11.4. The van der Waals surface area contributed by atoms with Crippen LogP contribution in [0.25, 0.3) is 0 Å². The second kappa shape index (κ2) is 38.7. The highest BCUT2D eigenvalue weighted by Crippen LogP contribution is 2.13. The molecule has 0 aromatic carbocycles. The molecule has 6 atom stereocenters. The second-order valence-corrected chi connectivity index (χ2v) is 17.3. The third-order valence-corrected chi connectivity index (χ3v) is 11.4. The van der Waals surface area contributed by atoms with Gasteiger partial charge in [0.05, 0.1) is 14.2 Å². The normalized spacial score (nSPS) is 13.2. The lowest BCUT2D eigenvalue weighted by Gasteiger charge is -2.19. The van der Waals surface area contributed by atoms with Crippen LogP contribution < -0.4 is 37.2 Å². The Kier molecular flexibility index (Phi) is 35.1. The number of esters is 2. The fraction of sp³-hybridized carbons (Fsp3) is 0.723. The summed E-state index contributed by atoms with van der Waals surface area (Å²) in [5, 5.41) is 54.5. The van der Waals surface area contributed by atoms with Crippen molar-refractivity contribution >= 4 is 77.2 Å². The molecule has 26 heteroatoms. The summed E-state index contributed by atoms with van der Waals surface area (Å²) >= 11 is 0. The van der Waals surface area contributed by atoms with Gasteiger partial charge in [0.15, 0.2) is 0 Å². The van der Waals surface area contributed by atoms with Crippen LogP contribution in [0.2, 0.25) is 0 Å². The standard InChI is InChI=1S/C47H77N7O19/c1-5-6-7-8-9-10-11-12-13-14-15-16-36(56)49-29(42(62)63)17-24-37(57)50-32(45(68)69)20-27-41(61)54-34(47(71)73-4)22-28-39(59)52-30(43(64)65)18-25-38(58)51-31(44(66)67)19-26-40(60)53-33(46(70)72-3)21-23-35(55)48-2/h29-34H,5-28H2,1-4H3,(H,48,55)(H,49,56)(H,50,57)(H,51,58)(H,52,59)(H,53,60)(H,54,61)(H,62,63)(H,64,65)(H,66,67)(H,68,69). The molecule has 0 aliphatic rings. The van der Waals surface area contributed by atoms with Crippen LogP contribution in [0.1, 0.15) is 161 Å². The van der Waals surface area contributed by atoms with Gasteiger partial charge in [-0.2, -0.15) is 0 Å². The van der Waals surface area contributed by atoms with Crippen molar-refractivity contribution < 1.29 is 92.2 Å². The van der Waals surface area contributed by atoms with E-state index in [9.17, 15) is 82.8 Å². The first-order chi connectivity index (χ1) is 34.6. The molecule has 0 saturated heterocycles. The molecule has 6 unspecified atom stereocenters. The molecule has 0 saturated carbocycles. The van der Waals surface area contributed by atoms with E-state index in [4.69, 9.17) is 0 Å². The number of rotatable bonds is 42. The number of hydrogen-bond acceptors (Lipinski definition) is 15. The summed E-state index contributed by atoms with van der Waals surface area (Å²) in [5.74, 6) is -13.3. The zero-order chi connectivity index (χ0) is 55.3. The van der Waals surface area contributed by atoms with Crippen molar-refractivity contribution in [1.82, 2.24) is 37.2 Å². The van der Waals surface area contributed by atoms with Gasteiger partial charge < -0.3 is 67.1 Å². The zero-order valence-electron chi connectivity index (χ0n) is 42.3. The summed E-state index contributed by atoms with van der Waals surface area (Å²) in [5.41, 5.74) is 0. The number of nitrogens with one attached hydrogen (secondary N) is 7. The van der Waals surface area contributed by atoms with Gasteiger partial charge in [-0.3, -0.25) is 33.6 Å². The molecule has 0 spiro atoms. The maximum Gasteiger partial charge on any atom is 0.328 e. The number of carboxylic acid groups (broad SMARTS) is 4. The van der Waals surface area contributed by atoms with E-state index in [1.165, 1.54) is 45.6 Å². The molecule has 0 aromatic rings. The van der Waals surface area contributed by atoms with Gasteiger partial charge in [-0.1, -0.05) is 71.1 Å². The molecule has 414 valence electrons. The van der Waals surface area contributed by atoms with Crippen LogP contribution in [0, 0.1) is 0 Å². The van der Waals surface area contributed by atoms with E-state index >= 15 is 0 Å². The van der Waals surface area contributed by atoms with Crippen molar-refractivity contribution in [1.29, 1.82) is 0 Å². The SMILES string of the molecule is CCCCCCCCCCCCCC(=O)NC(CCC(=O)NC(CCC(=O)NC(CCC(=O)NC(CCC(=O)NC(CCC(=O)NC(CCC(=O)NC)C(=O)OC)C(=O)O)C(=O)O)C(=O)OC)C(=O)O)C(=O)O. The van der Waals surface area contributed by atoms with E-state index in [0.29, 0.717) is 6.42 Å². The summed E-state index contributed by atoms with van der Waals surface area (Å²) in [4.78, 5) is 159. The van der Waals surface area contributed by atoms with Crippen LogP contribution in [0.5, 0.6) is 0 Å². The molecule has 11 N–H and O–H groups in total. The van der Waals surface area contributed by atoms with Gasteiger partial charge >= 0.3 is 35.8 Å². The molecule has 7 amide bonds. The summed E-state index contributed by atoms with van der Waals surface area (Å²) in [6.45, 7) is 2.17. The largest absolute Gasteiger partial charge is 0.480 e. The van der Waals surface area contributed by atoms with Gasteiger partial charge in [-0.15, -0.1) is 0 Å². The Morgan fingerprint density at radius 1 is 0.329 bits per heavy atom. The number of aliphatic carboxylic acids is 4. The van der Waals surface area contributed by atoms with Gasteiger partial charge in [0.1, 0.15) is 36.3 Å². The van der Waals surface area contributed by atoms with Crippen molar-refractivity contribution in [3.05, 3.63) is 0 Å². The number of methoxy groups -OCH3 is 2. The Morgan fingerprint density at radius 2 is 0.548 bits per heavy atom. The summed E-state index contributed by atoms with van der Waals surface area (Å²) in [6, 6.07) is -9.06. The van der Waals surface area contributed by atoms with Crippen LogP contribution in [0.4, 0.5) is 0 Å². The predicted molar refractivity (Wildman–Crippen MR) is 257 cm³/mol. The number of amides is 7. The first kappa shape index (κ1) is 66.1. The lowest BCUT2D eigenvalue weighted by atomic mass is 10.0. The van der Waals surface area contributed by atoms with Crippen molar-refractivity contribution in [2.45, 2.75) is 197 Å². The highest BCUT2D eigenvalue weighted by atomic mass is 16.5. The number of carboxylic acids is 4. The van der Waals surface area contributed by atoms with E-state index in [-0.39, 0.29) is 25.7 Å². The van der Waals surface area contributed by atoms with Crippen molar-refractivity contribution in [3.8, 4) is 0 Å². The lowest BCUT2D eigenvalue weighted by Crippen LogP contribution is -2.46. The van der Waals surface area contributed by atoms with E-state index in [0.717, 1.165) is 39.9 Å². The van der Waals surface area contributed by atoms with Crippen LogP contribution >= 0.6 is 0 Å². The average Bonchev–Trinajstić information content (AvgIpc) is 3.34. The van der Waals surface area contributed by atoms with Gasteiger partial charge in [0.2, 0.25) is 41.4 Å². The molecule has 0 heterocycles. The second-order valence-electron chi connectivity index (χ2n) is 17.3. The number of carbonyl (C=O) groups excluding carboxylic acids is 9. The first-order valence-electron chi connectivity index (χ1n) is 24.6. The molecule has 0 bridgehead atoms. The summed E-state index contributed by atoms with van der Waals surface area (Å²) in [7, 11) is 3.42. The fourth-order valence-electron chi connectivity index (χ4n) is 7.14. The van der Waals surface area contributed by atoms with Gasteiger partial charge in [-0.25, -0.2) is 28.8 Å². The van der Waals surface area contributed by atoms with Gasteiger partial charge in [-0.05, 0) is 44.9 Å². The number of ether oxygens (including phenoxy) is 2. The molecular weight excluding hydrogens is 967 g/mol. The van der Waals surface area contributed by atoms with Crippen LogP contribution in [0.3, 0.4) is 0 Å². The smallest absolute Gasteiger partial charge is 0.328 e. The Hall–Kier alpha value is -6.89. The highest BCUT2D eigenvalue weighted by molar-refractivity contribution is 5.90. The molecule has 0 aliphatic heterocycles. The van der Waals surface area contributed by atoms with Gasteiger partial charge in [0.25, 0.3) is 0 Å². The van der Waals surface area contributed by atoms with Crippen LogP contribution in [-0.2, 0) is 71.8 Å². The van der Waals surface area contributed by atoms with E-state index in [2.05, 4.69) is 53.6 Å². The van der Waals surface area contributed by atoms with Crippen molar-refractivity contribution in [2.75, 3.05) is 21.3 Å². The number of carbonyl (C=O) groups is 13. The number of unbranched alkanes of at least 4 members (excludes halogenated alkanes) is 10. The quantitative estimate of drug-likeness (QED) is 0.0296. The third kappa shape index (κ3) is 31.9. The summed E-state index contributed by atoms with van der Waals surface area (Å²) in [6.07, 6.45) is 6.69. The molecule has 0 rings (SSSR count). The molecule has 73 heavy (non-hydrogen) atoms. The minimum atomic E-state index is -1.69. The van der Waals surface area contributed by atoms with E-state index < -0.39 is 171 Å². The monoisotopic (exact) mass is 1040 g/mol. The lowest BCUT2D eigenvalue weighted by molar-refractivity contribution is -0.146. The van der Waals surface area contributed by atoms with E-state index in [1.807, 2.05) is 0 Å².